The standard InChI is InChI=1S/C17H13Br2NO4/c1-23-15-9-12(10-20-22)8-14(19)17(15)24-16(21)7-4-11-2-5-13(18)6-3-11/h2-10,22H,1H3/b7-4+,20-10+. The number of hydrogen-bond acceptors (Lipinski definition) is 5. The summed E-state index contributed by atoms with van der Waals surface area (Å²) >= 11 is 6.66. The number of methoxy groups -OCH3 is 1. The molecule has 2 aromatic rings. The van der Waals surface area contributed by atoms with Gasteiger partial charge in [-0.2, -0.15) is 0 Å². The third-order valence-electron chi connectivity index (χ3n) is 2.94. The maximum absolute atomic E-state index is 12.0. The molecule has 0 aromatic heterocycles. The molecule has 2 aromatic carbocycles. The van der Waals surface area contributed by atoms with Crippen molar-refractivity contribution in [2.45, 2.75) is 0 Å². The highest BCUT2D eigenvalue weighted by atomic mass is 79.9. The number of oxime groups is 1. The first-order chi connectivity index (χ1) is 11.5. The van der Waals surface area contributed by atoms with Gasteiger partial charge in [0.1, 0.15) is 0 Å². The van der Waals surface area contributed by atoms with Crippen LogP contribution in [0.4, 0.5) is 0 Å². The van der Waals surface area contributed by atoms with Crippen molar-refractivity contribution in [2.24, 2.45) is 5.16 Å². The Hall–Kier alpha value is -2.12. The van der Waals surface area contributed by atoms with Gasteiger partial charge in [0.05, 0.1) is 17.8 Å². The van der Waals surface area contributed by atoms with E-state index in [1.807, 2.05) is 24.3 Å². The Labute approximate surface area is 155 Å². The molecule has 0 aliphatic heterocycles. The molecule has 0 aliphatic carbocycles. The number of carbonyl (C=O) groups excluding carboxylic acids is 1. The van der Waals surface area contributed by atoms with Crippen LogP contribution in [0.5, 0.6) is 11.5 Å². The van der Waals surface area contributed by atoms with Gasteiger partial charge < -0.3 is 14.7 Å². The van der Waals surface area contributed by atoms with Gasteiger partial charge in [-0.05, 0) is 51.8 Å². The quantitative estimate of drug-likeness (QED) is 0.178. The lowest BCUT2D eigenvalue weighted by Crippen LogP contribution is -2.06. The molecule has 0 bridgehead atoms. The van der Waals surface area contributed by atoms with Crippen LogP contribution in [0, 0.1) is 0 Å². The SMILES string of the molecule is COc1cc(/C=N/O)cc(Br)c1OC(=O)/C=C/c1ccc(Br)cc1. The van der Waals surface area contributed by atoms with Gasteiger partial charge in [-0.15, -0.1) is 0 Å². The molecule has 1 N–H and O–H groups in total. The number of hydrogen-bond donors (Lipinski definition) is 1. The van der Waals surface area contributed by atoms with Crippen LogP contribution in [-0.4, -0.2) is 24.5 Å². The minimum Gasteiger partial charge on any atom is -0.493 e. The fraction of sp³-hybridized carbons (Fsp3) is 0.0588. The molecule has 124 valence electrons. The van der Waals surface area contributed by atoms with Crippen LogP contribution in [0.2, 0.25) is 0 Å². The number of esters is 1. The van der Waals surface area contributed by atoms with E-state index in [9.17, 15) is 4.79 Å². The van der Waals surface area contributed by atoms with Crippen molar-refractivity contribution in [3.8, 4) is 11.5 Å². The lowest BCUT2D eigenvalue weighted by Gasteiger charge is -2.11. The Morgan fingerprint density at radius 1 is 1.17 bits per heavy atom. The summed E-state index contributed by atoms with van der Waals surface area (Å²) in [4.78, 5) is 12.0. The van der Waals surface area contributed by atoms with Crippen molar-refractivity contribution in [2.75, 3.05) is 7.11 Å². The van der Waals surface area contributed by atoms with Crippen molar-refractivity contribution in [3.63, 3.8) is 0 Å². The molecule has 0 aliphatic rings. The Morgan fingerprint density at radius 2 is 1.88 bits per heavy atom. The van der Waals surface area contributed by atoms with Crippen LogP contribution in [0.25, 0.3) is 6.08 Å². The van der Waals surface area contributed by atoms with E-state index in [1.54, 1.807) is 18.2 Å². The summed E-state index contributed by atoms with van der Waals surface area (Å²) < 4.78 is 12.0. The van der Waals surface area contributed by atoms with Crippen LogP contribution in [0.15, 0.2) is 56.6 Å². The minimum atomic E-state index is -0.541. The van der Waals surface area contributed by atoms with Gasteiger partial charge in [0, 0.05) is 16.1 Å². The van der Waals surface area contributed by atoms with Crippen molar-refractivity contribution < 1.29 is 19.5 Å². The number of nitrogens with zero attached hydrogens (tertiary/aromatic N) is 1. The van der Waals surface area contributed by atoms with E-state index in [0.29, 0.717) is 15.8 Å². The fourth-order valence-corrected chi connectivity index (χ4v) is 2.66. The lowest BCUT2D eigenvalue weighted by molar-refractivity contribution is -0.129. The van der Waals surface area contributed by atoms with E-state index in [4.69, 9.17) is 14.7 Å². The second-order valence-electron chi connectivity index (χ2n) is 4.58. The molecule has 2 rings (SSSR count). The van der Waals surface area contributed by atoms with Gasteiger partial charge in [-0.1, -0.05) is 33.2 Å². The minimum absolute atomic E-state index is 0.248. The van der Waals surface area contributed by atoms with Crippen molar-refractivity contribution >= 4 is 50.1 Å². The molecule has 0 amide bonds. The van der Waals surface area contributed by atoms with Crippen molar-refractivity contribution in [1.29, 1.82) is 0 Å². The maximum Gasteiger partial charge on any atom is 0.336 e. The molecule has 24 heavy (non-hydrogen) atoms. The summed E-state index contributed by atoms with van der Waals surface area (Å²) in [6.07, 6.45) is 4.23. The van der Waals surface area contributed by atoms with Crippen LogP contribution in [0.1, 0.15) is 11.1 Å². The van der Waals surface area contributed by atoms with E-state index in [-0.39, 0.29) is 5.75 Å². The number of rotatable bonds is 5. The largest absolute Gasteiger partial charge is 0.493 e. The molecule has 0 radical (unpaired) electrons. The second-order valence-corrected chi connectivity index (χ2v) is 6.35. The average Bonchev–Trinajstić information content (AvgIpc) is 2.56. The summed E-state index contributed by atoms with van der Waals surface area (Å²) in [7, 11) is 1.46. The number of carbonyl (C=O) groups is 1. The molecule has 0 saturated heterocycles. The zero-order valence-corrected chi connectivity index (χ0v) is 15.7. The van der Waals surface area contributed by atoms with Crippen LogP contribution in [-0.2, 0) is 4.79 Å². The van der Waals surface area contributed by atoms with Crippen LogP contribution < -0.4 is 9.47 Å². The van der Waals surface area contributed by atoms with Crippen molar-refractivity contribution in [1.82, 2.24) is 0 Å². The van der Waals surface area contributed by atoms with Crippen LogP contribution in [0.3, 0.4) is 0 Å². The molecular formula is C17H13Br2NO4. The van der Waals surface area contributed by atoms with Gasteiger partial charge in [-0.25, -0.2) is 4.79 Å². The highest BCUT2D eigenvalue weighted by Crippen LogP contribution is 2.36. The Morgan fingerprint density at radius 3 is 2.50 bits per heavy atom. The highest BCUT2D eigenvalue weighted by Gasteiger charge is 2.14. The molecule has 0 heterocycles. The number of benzene rings is 2. The normalized spacial score (nSPS) is 11.1. The topological polar surface area (TPSA) is 68.1 Å². The third kappa shape index (κ3) is 4.94. The molecular weight excluding hydrogens is 442 g/mol. The molecule has 7 heteroatoms. The first kappa shape index (κ1) is 18.2. The van der Waals surface area contributed by atoms with E-state index in [2.05, 4.69) is 37.0 Å². The first-order valence-corrected chi connectivity index (χ1v) is 8.32. The summed E-state index contributed by atoms with van der Waals surface area (Å²) in [5, 5.41) is 11.6. The van der Waals surface area contributed by atoms with E-state index >= 15 is 0 Å². The lowest BCUT2D eigenvalue weighted by atomic mass is 10.2. The molecule has 0 spiro atoms. The highest BCUT2D eigenvalue weighted by molar-refractivity contribution is 9.10. The maximum atomic E-state index is 12.0. The molecule has 0 atom stereocenters. The second kappa shape index (κ2) is 8.65. The smallest absolute Gasteiger partial charge is 0.336 e. The number of ether oxygens (including phenoxy) is 2. The van der Waals surface area contributed by atoms with Crippen molar-refractivity contribution in [3.05, 3.63) is 62.5 Å². The van der Waals surface area contributed by atoms with Gasteiger partial charge in [0.25, 0.3) is 0 Å². The molecule has 0 saturated carbocycles. The molecule has 0 fully saturated rings. The Balaban J connectivity index is 2.17. The van der Waals surface area contributed by atoms with Crippen LogP contribution >= 0.6 is 31.9 Å². The summed E-state index contributed by atoms with van der Waals surface area (Å²) in [5.41, 5.74) is 1.46. The molecule has 0 unspecified atom stereocenters. The fourth-order valence-electron chi connectivity index (χ4n) is 1.85. The van der Waals surface area contributed by atoms with E-state index < -0.39 is 5.97 Å². The predicted octanol–water partition coefficient (Wildman–Crippen LogP) is 4.65. The zero-order chi connectivity index (χ0) is 17.5. The van der Waals surface area contributed by atoms with Gasteiger partial charge in [-0.3, -0.25) is 0 Å². The summed E-state index contributed by atoms with van der Waals surface area (Å²) in [6, 6.07) is 10.7. The zero-order valence-electron chi connectivity index (χ0n) is 12.6. The first-order valence-electron chi connectivity index (χ1n) is 6.74. The predicted molar refractivity (Wildman–Crippen MR) is 98.9 cm³/mol. The van der Waals surface area contributed by atoms with Gasteiger partial charge in [0.2, 0.25) is 0 Å². The van der Waals surface area contributed by atoms with E-state index in [1.165, 1.54) is 19.4 Å². The van der Waals surface area contributed by atoms with E-state index in [0.717, 1.165) is 10.0 Å². The van der Waals surface area contributed by atoms with Gasteiger partial charge >= 0.3 is 5.97 Å². The Bertz CT molecular complexity index is 786. The molecule has 5 nitrogen and oxygen atoms in total. The summed E-state index contributed by atoms with van der Waals surface area (Å²) in [5.74, 6) is 0.0446. The summed E-state index contributed by atoms with van der Waals surface area (Å²) in [6.45, 7) is 0. The Kier molecular flexibility index (Phi) is 6.57. The third-order valence-corrected chi connectivity index (χ3v) is 4.06. The monoisotopic (exact) mass is 453 g/mol. The average molecular weight is 455 g/mol. The van der Waals surface area contributed by atoms with Gasteiger partial charge in [0.15, 0.2) is 11.5 Å². The number of halogens is 2.